The van der Waals surface area contributed by atoms with Crippen LogP contribution in [-0.2, 0) is 0 Å². The first-order valence-corrected chi connectivity index (χ1v) is 5.13. The average molecular weight is 218 g/mol. The summed E-state index contributed by atoms with van der Waals surface area (Å²) >= 11 is 0. The van der Waals surface area contributed by atoms with Gasteiger partial charge in [-0.25, -0.2) is 0 Å². The summed E-state index contributed by atoms with van der Waals surface area (Å²) < 4.78 is 0. The van der Waals surface area contributed by atoms with E-state index < -0.39 is 0 Å². The molecule has 0 radical (unpaired) electrons. The molecule has 0 unspecified atom stereocenters. The maximum Gasteiger partial charge on any atom is 0.191 e. The summed E-state index contributed by atoms with van der Waals surface area (Å²) in [7, 11) is 0. The Morgan fingerprint density at radius 3 is 2.31 bits per heavy atom. The molecule has 0 saturated carbocycles. The summed E-state index contributed by atoms with van der Waals surface area (Å²) in [4.78, 5) is 14.4. The number of aromatic amines is 1. The zero-order valence-corrected chi connectivity index (χ0v) is 9.79. The molecule has 1 aromatic rings. The zero-order chi connectivity index (χ0) is 12.6. The number of anilines is 1. The van der Waals surface area contributed by atoms with Crippen LogP contribution in [0, 0.1) is 0 Å². The fourth-order valence-electron chi connectivity index (χ4n) is 1.15. The van der Waals surface area contributed by atoms with Gasteiger partial charge in [0, 0.05) is 11.3 Å². The van der Waals surface area contributed by atoms with Crippen LogP contribution in [-0.4, -0.2) is 4.98 Å². The van der Waals surface area contributed by atoms with E-state index in [0.29, 0.717) is 16.4 Å². The topological polar surface area (TPSA) is 58.9 Å². The van der Waals surface area contributed by atoms with Gasteiger partial charge in [-0.15, -0.1) is 0 Å². The predicted molar refractivity (Wildman–Crippen MR) is 71.4 cm³/mol. The Hall–Kier alpha value is -2.03. The Balaban J connectivity index is 0.00000106. The molecule has 86 valence electrons. The van der Waals surface area contributed by atoms with Gasteiger partial charge < -0.3 is 10.7 Å². The van der Waals surface area contributed by atoms with E-state index in [1.165, 1.54) is 6.07 Å². The standard InChI is InChI=1S/C11H12N2O.C2H6/c1-3-5-8-9(6-4-2)13-11(12)7-10(8)14;1-2/h3-7,13H,1-2,12H2;1-2H3/b8-5+,9-6+;. The van der Waals surface area contributed by atoms with Gasteiger partial charge >= 0.3 is 0 Å². The Bertz CT molecular complexity index is 524. The highest BCUT2D eigenvalue weighted by atomic mass is 16.1. The molecule has 3 heteroatoms. The third-order valence-corrected chi connectivity index (χ3v) is 1.69. The molecule has 0 spiro atoms. The fourth-order valence-corrected chi connectivity index (χ4v) is 1.15. The smallest absolute Gasteiger partial charge is 0.191 e. The minimum absolute atomic E-state index is 0.130. The molecule has 0 aromatic carbocycles. The van der Waals surface area contributed by atoms with E-state index in [9.17, 15) is 4.79 Å². The van der Waals surface area contributed by atoms with Crippen LogP contribution in [0.2, 0.25) is 0 Å². The second-order valence-corrected chi connectivity index (χ2v) is 2.72. The van der Waals surface area contributed by atoms with Gasteiger partial charge in [-0.05, 0) is 12.2 Å². The van der Waals surface area contributed by atoms with Gasteiger partial charge in [-0.3, -0.25) is 4.79 Å². The molecule has 3 nitrogen and oxygen atoms in total. The lowest BCUT2D eigenvalue weighted by atomic mass is 10.3. The first-order valence-electron chi connectivity index (χ1n) is 5.13. The lowest BCUT2D eigenvalue weighted by molar-refractivity contribution is 1.21. The molecular formula is C13H18N2O. The predicted octanol–water partition coefficient (Wildman–Crippen LogP) is 0.916. The summed E-state index contributed by atoms with van der Waals surface area (Å²) in [6.45, 7) is 11.1. The van der Waals surface area contributed by atoms with Gasteiger partial charge in [-0.2, -0.15) is 0 Å². The quantitative estimate of drug-likeness (QED) is 0.775. The SMILES string of the molecule is C=C/C=c1/[nH]c(N)cc(=O)/c1=C/C=C.CC. The number of nitrogens with one attached hydrogen (secondary N) is 1. The second kappa shape index (κ2) is 7.29. The van der Waals surface area contributed by atoms with E-state index in [-0.39, 0.29) is 5.43 Å². The lowest BCUT2D eigenvalue weighted by Crippen LogP contribution is -2.40. The van der Waals surface area contributed by atoms with E-state index in [1.807, 2.05) is 13.8 Å². The zero-order valence-electron chi connectivity index (χ0n) is 9.79. The Morgan fingerprint density at radius 1 is 1.25 bits per heavy atom. The molecule has 3 N–H and O–H groups in total. The van der Waals surface area contributed by atoms with E-state index in [0.717, 1.165) is 0 Å². The number of rotatable bonds is 2. The molecule has 1 rings (SSSR count). The maximum absolute atomic E-state index is 11.5. The van der Waals surface area contributed by atoms with Crippen molar-refractivity contribution in [3.8, 4) is 0 Å². The van der Waals surface area contributed by atoms with Gasteiger partial charge in [0.1, 0.15) is 5.82 Å². The van der Waals surface area contributed by atoms with Crippen molar-refractivity contribution in [1.29, 1.82) is 0 Å². The molecule has 0 aliphatic rings. The Kier molecular flexibility index (Phi) is 6.36. The van der Waals surface area contributed by atoms with E-state index >= 15 is 0 Å². The van der Waals surface area contributed by atoms with Crippen LogP contribution < -0.4 is 21.7 Å². The molecule has 1 aromatic heterocycles. The molecule has 0 amide bonds. The average Bonchev–Trinajstić information content (AvgIpc) is 2.26. The van der Waals surface area contributed by atoms with Gasteiger partial charge in [0.2, 0.25) is 0 Å². The number of hydrogen-bond acceptors (Lipinski definition) is 2. The number of pyridine rings is 1. The van der Waals surface area contributed by atoms with Crippen molar-refractivity contribution in [3.63, 3.8) is 0 Å². The normalized spacial score (nSPS) is 11.6. The highest BCUT2D eigenvalue weighted by molar-refractivity contribution is 5.42. The van der Waals surface area contributed by atoms with Crippen molar-refractivity contribution in [2.75, 3.05) is 5.73 Å². The monoisotopic (exact) mass is 218 g/mol. The fraction of sp³-hybridized carbons (Fsp3) is 0.154. The summed E-state index contributed by atoms with van der Waals surface area (Å²) in [5, 5.41) is 1.18. The molecular weight excluding hydrogens is 200 g/mol. The van der Waals surface area contributed by atoms with Gasteiger partial charge in [0.15, 0.2) is 5.43 Å². The first kappa shape index (κ1) is 14.0. The molecule has 0 atom stereocenters. The minimum Gasteiger partial charge on any atom is -0.385 e. The minimum atomic E-state index is -0.130. The Morgan fingerprint density at radius 2 is 1.81 bits per heavy atom. The third kappa shape index (κ3) is 3.61. The highest BCUT2D eigenvalue weighted by Crippen LogP contribution is 1.79. The molecule has 0 bridgehead atoms. The molecule has 0 fully saturated rings. The second-order valence-electron chi connectivity index (χ2n) is 2.72. The molecule has 1 heterocycles. The highest BCUT2D eigenvalue weighted by Gasteiger charge is 1.92. The van der Waals surface area contributed by atoms with Crippen LogP contribution in [0.4, 0.5) is 5.82 Å². The number of nitrogens with two attached hydrogens (primary N) is 1. The van der Waals surface area contributed by atoms with Gasteiger partial charge in [0.05, 0.1) is 5.35 Å². The molecule has 0 aliphatic heterocycles. The number of aromatic nitrogens is 1. The van der Waals surface area contributed by atoms with Crippen molar-refractivity contribution in [1.82, 2.24) is 4.98 Å². The number of allylic oxidation sites excluding steroid dienone is 2. The molecule has 0 aliphatic carbocycles. The van der Waals surface area contributed by atoms with Crippen molar-refractivity contribution < 1.29 is 0 Å². The van der Waals surface area contributed by atoms with E-state index in [2.05, 4.69) is 18.1 Å². The van der Waals surface area contributed by atoms with Crippen molar-refractivity contribution in [3.05, 3.63) is 52.2 Å². The molecule has 16 heavy (non-hydrogen) atoms. The summed E-state index contributed by atoms with van der Waals surface area (Å²) in [5.74, 6) is 0.337. The maximum atomic E-state index is 11.5. The van der Waals surface area contributed by atoms with Crippen molar-refractivity contribution in [2.24, 2.45) is 0 Å². The van der Waals surface area contributed by atoms with Crippen LogP contribution >= 0.6 is 0 Å². The summed E-state index contributed by atoms with van der Waals surface area (Å²) in [6, 6.07) is 1.34. The van der Waals surface area contributed by atoms with Gasteiger partial charge in [-0.1, -0.05) is 39.2 Å². The summed E-state index contributed by atoms with van der Waals surface area (Å²) in [6.07, 6.45) is 6.47. The third-order valence-electron chi connectivity index (χ3n) is 1.69. The Labute approximate surface area is 95.3 Å². The number of nitrogen functional groups attached to an aromatic ring is 1. The van der Waals surface area contributed by atoms with Crippen LogP contribution in [0.3, 0.4) is 0 Å². The van der Waals surface area contributed by atoms with E-state index in [1.54, 1.807) is 24.3 Å². The van der Waals surface area contributed by atoms with Gasteiger partial charge in [0.25, 0.3) is 0 Å². The van der Waals surface area contributed by atoms with Crippen LogP contribution in [0.5, 0.6) is 0 Å². The van der Waals surface area contributed by atoms with E-state index in [4.69, 9.17) is 5.73 Å². The number of H-pyrrole nitrogens is 1. The van der Waals surface area contributed by atoms with Crippen LogP contribution in [0.15, 0.2) is 36.2 Å². The van der Waals surface area contributed by atoms with Crippen molar-refractivity contribution >= 4 is 18.0 Å². The first-order chi connectivity index (χ1) is 7.69. The molecule has 0 saturated heterocycles. The summed E-state index contributed by atoms with van der Waals surface area (Å²) in [5.41, 5.74) is 5.37. The number of hydrogen-bond donors (Lipinski definition) is 2. The van der Waals surface area contributed by atoms with Crippen molar-refractivity contribution in [2.45, 2.75) is 13.8 Å². The van der Waals surface area contributed by atoms with Crippen LogP contribution in [0.25, 0.3) is 12.2 Å². The largest absolute Gasteiger partial charge is 0.385 e. The lowest BCUT2D eigenvalue weighted by Gasteiger charge is -1.93. The van der Waals surface area contributed by atoms with Crippen LogP contribution in [0.1, 0.15) is 13.8 Å².